The van der Waals surface area contributed by atoms with Crippen LogP contribution in [0.4, 0.5) is 0 Å². The standard InChI is InChI=1S/C17H23N3O2S/c1-11-7-12(2)15(13(3)8-11)5-6-18-16(21)9-23-10-17-19-14(4)20-22-17/h7-8H,5-6,9-10H2,1-4H3,(H,18,21). The third-order valence-corrected chi connectivity index (χ3v) is 4.48. The molecule has 2 rings (SSSR count). The van der Waals surface area contributed by atoms with E-state index < -0.39 is 0 Å². The maximum absolute atomic E-state index is 11.9. The molecule has 23 heavy (non-hydrogen) atoms. The Hall–Kier alpha value is -1.82. The van der Waals surface area contributed by atoms with Gasteiger partial charge in [0.25, 0.3) is 0 Å². The van der Waals surface area contributed by atoms with E-state index in [1.807, 2.05) is 0 Å². The second kappa shape index (κ2) is 8.15. The van der Waals surface area contributed by atoms with Crippen molar-refractivity contribution in [3.05, 3.63) is 46.1 Å². The largest absolute Gasteiger partial charge is 0.355 e. The van der Waals surface area contributed by atoms with Gasteiger partial charge in [-0.25, -0.2) is 0 Å². The van der Waals surface area contributed by atoms with Crippen molar-refractivity contribution >= 4 is 17.7 Å². The van der Waals surface area contributed by atoms with Crippen LogP contribution in [0.2, 0.25) is 0 Å². The van der Waals surface area contributed by atoms with E-state index in [1.54, 1.807) is 6.92 Å². The number of aryl methyl sites for hydroxylation is 4. The zero-order valence-corrected chi connectivity index (χ0v) is 14.9. The first-order valence-electron chi connectivity index (χ1n) is 7.66. The van der Waals surface area contributed by atoms with E-state index in [-0.39, 0.29) is 5.91 Å². The molecule has 0 spiro atoms. The van der Waals surface area contributed by atoms with Crippen LogP contribution in [0.3, 0.4) is 0 Å². The van der Waals surface area contributed by atoms with Gasteiger partial charge in [-0.1, -0.05) is 22.9 Å². The molecule has 124 valence electrons. The zero-order valence-electron chi connectivity index (χ0n) is 14.1. The van der Waals surface area contributed by atoms with Gasteiger partial charge in [-0.05, 0) is 50.8 Å². The number of amides is 1. The van der Waals surface area contributed by atoms with Gasteiger partial charge in [0, 0.05) is 6.54 Å². The van der Waals surface area contributed by atoms with Crippen LogP contribution in [0.5, 0.6) is 0 Å². The molecule has 0 atom stereocenters. The number of benzene rings is 1. The second-order valence-corrected chi connectivity index (χ2v) is 6.69. The van der Waals surface area contributed by atoms with Crippen LogP contribution in [-0.4, -0.2) is 28.3 Å². The van der Waals surface area contributed by atoms with Crippen molar-refractivity contribution in [2.75, 3.05) is 12.3 Å². The van der Waals surface area contributed by atoms with Crippen molar-refractivity contribution in [1.29, 1.82) is 0 Å². The Bertz CT molecular complexity index is 659. The van der Waals surface area contributed by atoms with E-state index in [0.717, 1.165) is 6.42 Å². The molecule has 0 aliphatic carbocycles. The van der Waals surface area contributed by atoms with Crippen LogP contribution in [0, 0.1) is 27.7 Å². The van der Waals surface area contributed by atoms with Gasteiger partial charge in [-0.3, -0.25) is 4.79 Å². The van der Waals surface area contributed by atoms with Crippen molar-refractivity contribution in [1.82, 2.24) is 15.5 Å². The van der Waals surface area contributed by atoms with Crippen LogP contribution >= 0.6 is 11.8 Å². The Balaban J connectivity index is 1.71. The van der Waals surface area contributed by atoms with Crippen LogP contribution in [-0.2, 0) is 17.0 Å². The fraction of sp³-hybridized carbons (Fsp3) is 0.471. The first-order chi connectivity index (χ1) is 11.0. The third-order valence-electron chi connectivity index (χ3n) is 3.57. The van der Waals surface area contributed by atoms with Gasteiger partial charge in [0.1, 0.15) is 0 Å². The minimum Gasteiger partial charge on any atom is -0.355 e. The van der Waals surface area contributed by atoms with Gasteiger partial charge in [0.05, 0.1) is 11.5 Å². The molecule has 0 aliphatic heterocycles. The lowest BCUT2D eigenvalue weighted by Crippen LogP contribution is -2.27. The lowest BCUT2D eigenvalue weighted by atomic mass is 9.97. The molecule has 1 heterocycles. The third kappa shape index (κ3) is 5.39. The molecule has 1 aromatic carbocycles. The molecule has 0 fully saturated rings. The number of nitrogens with one attached hydrogen (secondary N) is 1. The lowest BCUT2D eigenvalue weighted by Gasteiger charge is -2.12. The highest BCUT2D eigenvalue weighted by Crippen LogP contribution is 2.16. The van der Waals surface area contributed by atoms with Crippen LogP contribution in [0.25, 0.3) is 0 Å². The highest BCUT2D eigenvalue weighted by Gasteiger charge is 2.07. The summed E-state index contributed by atoms with van der Waals surface area (Å²) in [5, 5.41) is 6.69. The van der Waals surface area contributed by atoms with Gasteiger partial charge in [-0.2, -0.15) is 4.98 Å². The zero-order chi connectivity index (χ0) is 16.8. The first kappa shape index (κ1) is 17.5. The fourth-order valence-electron chi connectivity index (χ4n) is 2.61. The lowest BCUT2D eigenvalue weighted by molar-refractivity contribution is -0.118. The smallest absolute Gasteiger partial charge is 0.236 e. The summed E-state index contributed by atoms with van der Waals surface area (Å²) in [5.41, 5.74) is 5.18. The Morgan fingerprint density at radius 3 is 2.52 bits per heavy atom. The van der Waals surface area contributed by atoms with E-state index >= 15 is 0 Å². The van der Waals surface area contributed by atoms with Gasteiger partial charge >= 0.3 is 0 Å². The highest BCUT2D eigenvalue weighted by atomic mass is 32.2. The normalized spacial score (nSPS) is 10.8. The number of hydrogen-bond donors (Lipinski definition) is 1. The molecule has 0 radical (unpaired) electrons. The van der Waals surface area contributed by atoms with E-state index in [1.165, 1.54) is 34.0 Å². The molecule has 0 bridgehead atoms. The minimum atomic E-state index is 0.0358. The average molecular weight is 333 g/mol. The molecule has 6 heteroatoms. The van der Waals surface area contributed by atoms with Crippen molar-refractivity contribution in [3.63, 3.8) is 0 Å². The number of rotatable bonds is 7. The number of carbonyl (C=O) groups is 1. The van der Waals surface area contributed by atoms with Gasteiger partial charge in [-0.15, -0.1) is 11.8 Å². The average Bonchev–Trinajstić information content (AvgIpc) is 2.87. The van der Waals surface area contributed by atoms with E-state index in [0.29, 0.717) is 29.8 Å². The summed E-state index contributed by atoms with van der Waals surface area (Å²) in [6.07, 6.45) is 0.858. The molecular weight excluding hydrogens is 310 g/mol. The van der Waals surface area contributed by atoms with Crippen molar-refractivity contribution in [2.45, 2.75) is 39.9 Å². The number of hydrogen-bond acceptors (Lipinski definition) is 5. The number of carbonyl (C=O) groups excluding carboxylic acids is 1. The molecule has 0 saturated carbocycles. The monoisotopic (exact) mass is 333 g/mol. The number of nitrogens with zero attached hydrogens (tertiary/aromatic N) is 2. The van der Waals surface area contributed by atoms with Crippen LogP contribution in [0.1, 0.15) is 34.0 Å². The molecule has 0 saturated heterocycles. The summed E-state index contributed by atoms with van der Waals surface area (Å²) in [5.74, 6) is 2.17. The molecule has 1 N–H and O–H groups in total. The summed E-state index contributed by atoms with van der Waals surface area (Å²) < 4.78 is 5.01. The summed E-state index contributed by atoms with van der Waals surface area (Å²) in [7, 11) is 0. The van der Waals surface area contributed by atoms with Gasteiger partial charge < -0.3 is 9.84 Å². The number of thioether (sulfide) groups is 1. The molecule has 1 aromatic heterocycles. The predicted octanol–water partition coefficient (Wildman–Crippen LogP) is 2.90. The maximum Gasteiger partial charge on any atom is 0.236 e. The van der Waals surface area contributed by atoms with Crippen molar-refractivity contribution in [3.8, 4) is 0 Å². The fourth-order valence-corrected chi connectivity index (χ4v) is 3.29. The van der Waals surface area contributed by atoms with E-state index in [9.17, 15) is 4.79 Å². The summed E-state index contributed by atoms with van der Waals surface area (Å²) in [6.45, 7) is 8.79. The predicted molar refractivity (Wildman–Crippen MR) is 92.6 cm³/mol. The highest BCUT2D eigenvalue weighted by molar-refractivity contribution is 7.99. The maximum atomic E-state index is 11.9. The molecule has 5 nitrogen and oxygen atoms in total. The summed E-state index contributed by atoms with van der Waals surface area (Å²) >= 11 is 1.47. The topological polar surface area (TPSA) is 68.0 Å². The van der Waals surface area contributed by atoms with Crippen LogP contribution < -0.4 is 5.32 Å². The molecular formula is C17H23N3O2S. The number of aromatic nitrogens is 2. The quantitative estimate of drug-likeness (QED) is 0.844. The van der Waals surface area contributed by atoms with Gasteiger partial charge in [0.15, 0.2) is 5.82 Å². The Labute approximate surface area is 141 Å². The van der Waals surface area contributed by atoms with Crippen molar-refractivity contribution < 1.29 is 9.32 Å². The molecule has 2 aromatic rings. The van der Waals surface area contributed by atoms with E-state index in [2.05, 4.69) is 48.4 Å². The summed E-state index contributed by atoms with van der Waals surface area (Å²) in [4.78, 5) is 16.0. The van der Waals surface area contributed by atoms with E-state index in [4.69, 9.17) is 4.52 Å². The Morgan fingerprint density at radius 1 is 1.22 bits per heavy atom. The van der Waals surface area contributed by atoms with Crippen molar-refractivity contribution in [2.24, 2.45) is 0 Å². The molecule has 0 aliphatic rings. The minimum absolute atomic E-state index is 0.0358. The second-order valence-electron chi connectivity index (χ2n) is 5.71. The Morgan fingerprint density at radius 2 is 1.91 bits per heavy atom. The Kier molecular flexibility index (Phi) is 6.21. The molecule has 0 unspecified atom stereocenters. The van der Waals surface area contributed by atoms with Gasteiger partial charge in [0.2, 0.25) is 11.8 Å². The summed E-state index contributed by atoms with van der Waals surface area (Å²) in [6, 6.07) is 4.37. The molecule has 1 amide bonds. The SMILES string of the molecule is Cc1cc(C)c(CCNC(=O)CSCc2nc(C)no2)c(C)c1. The first-order valence-corrected chi connectivity index (χ1v) is 8.81. The van der Waals surface area contributed by atoms with Crippen LogP contribution in [0.15, 0.2) is 16.7 Å².